The number of carbonyl (C=O) groups is 1. The third kappa shape index (κ3) is 5.36. The molecule has 0 aliphatic carbocycles. The molecule has 0 radical (unpaired) electrons. The Morgan fingerprint density at radius 1 is 1.06 bits per heavy atom. The van der Waals surface area contributed by atoms with E-state index in [1.165, 1.54) is 12.1 Å². The second-order valence-electron chi connectivity index (χ2n) is 7.74. The lowest BCUT2D eigenvalue weighted by Crippen LogP contribution is -2.34. The first-order chi connectivity index (χ1) is 15.8. The number of ether oxygens (including phenoxy) is 2. The first kappa shape index (κ1) is 22.8. The number of fused-ring (bicyclic) bond motifs is 1. The summed E-state index contributed by atoms with van der Waals surface area (Å²) in [6.07, 6.45) is 1.58. The Morgan fingerprint density at radius 2 is 1.88 bits per heavy atom. The van der Waals surface area contributed by atoms with Crippen LogP contribution in [0.3, 0.4) is 0 Å². The molecule has 2 N–H and O–H groups in total. The highest BCUT2D eigenvalue weighted by atomic mass is 32.2. The molecule has 0 saturated heterocycles. The van der Waals surface area contributed by atoms with Crippen LogP contribution in [0.25, 0.3) is 0 Å². The van der Waals surface area contributed by atoms with Gasteiger partial charge in [-0.15, -0.1) is 0 Å². The van der Waals surface area contributed by atoms with Gasteiger partial charge in [-0.1, -0.05) is 12.1 Å². The molecule has 1 aliphatic heterocycles. The van der Waals surface area contributed by atoms with E-state index in [2.05, 4.69) is 10.0 Å². The van der Waals surface area contributed by atoms with Crippen LogP contribution in [-0.4, -0.2) is 46.7 Å². The topological polar surface area (TPSA) is 110 Å². The van der Waals surface area contributed by atoms with Gasteiger partial charge in [0.25, 0.3) is 5.91 Å². The number of furan rings is 1. The molecule has 3 aromatic rings. The van der Waals surface area contributed by atoms with Crippen LogP contribution in [0, 0.1) is 0 Å². The molecule has 2 aromatic carbocycles. The summed E-state index contributed by atoms with van der Waals surface area (Å²) in [5.74, 6) is 1.56. The van der Waals surface area contributed by atoms with Crippen LogP contribution in [0.5, 0.6) is 11.5 Å². The van der Waals surface area contributed by atoms with Crippen LogP contribution in [0.4, 0.5) is 0 Å². The van der Waals surface area contributed by atoms with Crippen LogP contribution in [-0.2, 0) is 16.6 Å². The van der Waals surface area contributed by atoms with Crippen molar-refractivity contribution in [2.75, 3.05) is 27.4 Å². The van der Waals surface area contributed by atoms with Gasteiger partial charge in [0.05, 0.1) is 17.2 Å². The summed E-state index contributed by atoms with van der Waals surface area (Å²) < 4.78 is 44.2. The van der Waals surface area contributed by atoms with Crippen molar-refractivity contribution < 1.29 is 27.1 Å². The van der Waals surface area contributed by atoms with Crippen molar-refractivity contribution in [3.63, 3.8) is 0 Å². The molecule has 1 amide bonds. The highest BCUT2D eigenvalue weighted by Gasteiger charge is 2.20. The average Bonchev–Trinajstić information content (AvgIpc) is 3.49. The normalized spacial score (nSPS) is 13.8. The molecule has 9 nitrogen and oxygen atoms in total. The largest absolute Gasteiger partial charge is 0.468 e. The molecular weight excluding hydrogens is 446 g/mol. The van der Waals surface area contributed by atoms with E-state index in [9.17, 15) is 13.2 Å². The highest BCUT2D eigenvalue weighted by molar-refractivity contribution is 7.89. The van der Waals surface area contributed by atoms with Gasteiger partial charge in [0.15, 0.2) is 11.5 Å². The number of nitrogens with zero attached hydrogens (tertiary/aromatic N) is 1. The van der Waals surface area contributed by atoms with E-state index in [1.54, 1.807) is 42.7 Å². The summed E-state index contributed by atoms with van der Waals surface area (Å²) in [4.78, 5) is 14.6. The van der Waals surface area contributed by atoms with E-state index in [4.69, 9.17) is 13.9 Å². The Morgan fingerprint density at radius 3 is 2.64 bits per heavy atom. The van der Waals surface area contributed by atoms with Crippen molar-refractivity contribution in [1.29, 1.82) is 0 Å². The molecule has 10 heteroatoms. The maximum atomic E-state index is 12.8. The quantitative estimate of drug-likeness (QED) is 0.493. The van der Waals surface area contributed by atoms with Crippen LogP contribution in [0.1, 0.15) is 27.7 Å². The molecule has 1 aromatic heterocycles. The van der Waals surface area contributed by atoms with E-state index in [1.807, 2.05) is 25.1 Å². The highest BCUT2D eigenvalue weighted by Crippen LogP contribution is 2.32. The van der Waals surface area contributed by atoms with E-state index in [0.717, 1.165) is 11.3 Å². The van der Waals surface area contributed by atoms with Crippen molar-refractivity contribution in [2.24, 2.45) is 0 Å². The van der Waals surface area contributed by atoms with Crippen LogP contribution >= 0.6 is 0 Å². The minimum absolute atomic E-state index is 0.00564. The van der Waals surface area contributed by atoms with Gasteiger partial charge in [-0.25, -0.2) is 13.1 Å². The first-order valence-electron chi connectivity index (χ1n) is 10.3. The molecule has 0 unspecified atom stereocenters. The Bertz CT molecular complexity index is 1220. The molecule has 4 rings (SSSR count). The lowest BCUT2D eigenvalue weighted by Gasteiger charge is -2.22. The number of sulfonamides is 1. The summed E-state index contributed by atoms with van der Waals surface area (Å²) in [5.41, 5.74) is 0.974. The fourth-order valence-electron chi connectivity index (χ4n) is 3.43. The van der Waals surface area contributed by atoms with Gasteiger partial charge in [0.2, 0.25) is 16.8 Å². The SMILES string of the molecule is CN(C)[C@H](CNC(=O)c1cccc(S(=O)(=O)NCc2ccc3c(c2)OCO3)c1)c1ccco1. The molecule has 33 heavy (non-hydrogen) atoms. The Hall–Kier alpha value is -3.34. The molecule has 0 saturated carbocycles. The zero-order valence-electron chi connectivity index (χ0n) is 18.3. The fourth-order valence-corrected chi connectivity index (χ4v) is 4.49. The molecule has 1 atom stereocenters. The van der Waals surface area contributed by atoms with Crippen molar-refractivity contribution in [3.05, 3.63) is 77.7 Å². The third-order valence-corrected chi connectivity index (χ3v) is 6.66. The lowest BCUT2D eigenvalue weighted by atomic mass is 10.2. The Kier molecular flexibility index (Phi) is 6.68. The van der Waals surface area contributed by atoms with Crippen molar-refractivity contribution in [2.45, 2.75) is 17.5 Å². The standard InChI is InChI=1S/C23H25N3O6S/c1-26(2)19(20-7-4-10-30-20)14-24-23(27)17-5-3-6-18(12-17)33(28,29)25-13-16-8-9-21-22(11-16)32-15-31-21/h3-12,19,25H,13-15H2,1-2H3,(H,24,27)/t19-/m1/s1. The fraction of sp³-hybridized carbons (Fsp3) is 0.261. The Balaban J connectivity index is 1.41. The number of hydrogen-bond acceptors (Lipinski definition) is 7. The number of amides is 1. The first-order valence-corrected chi connectivity index (χ1v) is 11.8. The molecular formula is C23H25N3O6S. The minimum atomic E-state index is -3.83. The number of carbonyl (C=O) groups excluding carboxylic acids is 1. The van der Waals surface area contributed by atoms with Gasteiger partial charge >= 0.3 is 0 Å². The third-order valence-electron chi connectivity index (χ3n) is 5.26. The summed E-state index contributed by atoms with van der Waals surface area (Å²) in [6, 6.07) is 14.6. The predicted molar refractivity (Wildman–Crippen MR) is 121 cm³/mol. The number of hydrogen-bond donors (Lipinski definition) is 2. The number of likely N-dealkylation sites (N-methyl/N-ethyl adjacent to an activating group) is 1. The molecule has 0 spiro atoms. The second-order valence-corrected chi connectivity index (χ2v) is 9.51. The maximum Gasteiger partial charge on any atom is 0.251 e. The molecule has 0 bridgehead atoms. The number of benzene rings is 2. The van der Waals surface area contributed by atoms with Gasteiger partial charge in [0, 0.05) is 18.7 Å². The van der Waals surface area contributed by atoms with E-state index < -0.39 is 10.0 Å². The van der Waals surface area contributed by atoms with E-state index in [0.29, 0.717) is 18.0 Å². The molecule has 0 fully saturated rings. The molecule has 1 aliphatic rings. The van der Waals surface area contributed by atoms with Gasteiger partial charge in [0.1, 0.15) is 5.76 Å². The van der Waals surface area contributed by atoms with Gasteiger partial charge in [-0.05, 0) is 62.1 Å². The van der Waals surface area contributed by atoms with Crippen LogP contribution in [0.15, 0.2) is 70.2 Å². The van der Waals surface area contributed by atoms with Gasteiger partial charge in [-0.2, -0.15) is 0 Å². The monoisotopic (exact) mass is 471 g/mol. The lowest BCUT2D eigenvalue weighted by molar-refractivity contribution is 0.0939. The molecule has 2 heterocycles. The predicted octanol–water partition coefficient (Wildman–Crippen LogP) is 2.52. The zero-order chi connectivity index (χ0) is 23.4. The second kappa shape index (κ2) is 9.65. The van der Waals surface area contributed by atoms with Crippen LogP contribution in [0.2, 0.25) is 0 Å². The van der Waals surface area contributed by atoms with E-state index >= 15 is 0 Å². The van der Waals surface area contributed by atoms with Crippen molar-refractivity contribution in [1.82, 2.24) is 14.9 Å². The smallest absolute Gasteiger partial charge is 0.251 e. The summed E-state index contributed by atoms with van der Waals surface area (Å²) in [7, 11) is -0.0595. The Labute approximate surface area is 192 Å². The van der Waals surface area contributed by atoms with Crippen LogP contribution < -0.4 is 19.5 Å². The number of nitrogens with one attached hydrogen (secondary N) is 2. The minimum Gasteiger partial charge on any atom is -0.468 e. The maximum absolute atomic E-state index is 12.8. The zero-order valence-corrected chi connectivity index (χ0v) is 19.1. The van der Waals surface area contributed by atoms with Crippen molar-refractivity contribution >= 4 is 15.9 Å². The average molecular weight is 472 g/mol. The molecule has 174 valence electrons. The summed E-state index contributed by atoms with van der Waals surface area (Å²) >= 11 is 0. The summed E-state index contributed by atoms with van der Waals surface area (Å²) in [6.45, 7) is 0.526. The van der Waals surface area contributed by atoms with Gasteiger partial charge in [-0.3, -0.25) is 9.69 Å². The summed E-state index contributed by atoms with van der Waals surface area (Å²) in [5, 5.41) is 2.85. The van der Waals surface area contributed by atoms with E-state index in [-0.39, 0.29) is 35.7 Å². The number of rotatable bonds is 9. The van der Waals surface area contributed by atoms with Gasteiger partial charge < -0.3 is 19.2 Å². The van der Waals surface area contributed by atoms with Crippen molar-refractivity contribution in [3.8, 4) is 11.5 Å².